The minimum absolute atomic E-state index is 0.0208. The van der Waals surface area contributed by atoms with Crippen LogP contribution in [-0.4, -0.2) is 20.6 Å². The Morgan fingerprint density at radius 2 is 2.29 bits per heavy atom. The highest BCUT2D eigenvalue weighted by atomic mass is 16.6. The lowest BCUT2D eigenvalue weighted by atomic mass is 10.1. The normalized spacial score (nSPS) is 9.90. The Hall–Kier alpha value is -3.21. The van der Waals surface area contributed by atoms with Gasteiger partial charge in [0.05, 0.1) is 16.2 Å². The van der Waals surface area contributed by atoms with Gasteiger partial charge in [-0.15, -0.1) is 0 Å². The molecule has 8 nitrogen and oxygen atoms in total. The van der Waals surface area contributed by atoms with Gasteiger partial charge in [0.25, 0.3) is 11.6 Å². The standard InChI is InChI=1S/C13H11N5O3/c1-2-17-6-5-12(16-17)13(19)15-11-4-3-10(18(20)21)7-9(11)8-14/h3-7H,2H2,1H3,(H,15,19). The van der Waals surface area contributed by atoms with Crippen LogP contribution in [0, 0.1) is 21.4 Å². The van der Waals surface area contributed by atoms with Crippen LogP contribution in [0.25, 0.3) is 0 Å². The fourth-order valence-corrected chi connectivity index (χ4v) is 1.69. The molecule has 0 aliphatic rings. The molecule has 0 fully saturated rings. The molecule has 1 aromatic carbocycles. The number of nitrogens with zero attached hydrogens (tertiary/aromatic N) is 4. The van der Waals surface area contributed by atoms with Crippen molar-refractivity contribution in [2.24, 2.45) is 0 Å². The Morgan fingerprint density at radius 3 is 2.86 bits per heavy atom. The Bertz CT molecular complexity index is 745. The Balaban J connectivity index is 2.25. The van der Waals surface area contributed by atoms with Crippen molar-refractivity contribution in [2.45, 2.75) is 13.5 Å². The smallest absolute Gasteiger partial charge is 0.276 e. The van der Waals surface area contributed by atoms with E-state index in [0.717, 1.165) is 6.07 Å². The average Bonchev–Trinajstić information content (AvgIpc) is 2.96. The number of nitriles is 1. The quantitative estimate of drug-likeness (QED) is 0.681. The number of non-ortho nitro benzene ring substituents is 1. The minimum Gasteiger partial charge on any atom is -0.319 e. The van der Waals surface area contributed by atoms with Crippen molar-refractivity contribution in [3.8, 4) is 6.07 Å². The van der Waals surface area contributed by atoms with Crippen molar-refractivity contribution in [1.29, 1.82) is 5.26 Å². The summed E-state index contributed by atoms with van der Waals surface area (Å²) in [5.74, 6) is -0.479. The number of rotatable bonds is 4. The first-order valence-corrected chi connectivity index (χ1v) is 6.08. The number of aryl methyl sites for hydroxylation is 1. The lowest BCUT2D eigenvalue weighted by Gasteiger charge is -2.05. The van der Waals surface area contributed by atoms with E-state index in [0.29, 0.717) is 6.54 Å². The Labute approximate surface area is 119 Å². The van der Waals surface area contributed by atoms with Gasteiger partial charge in [-0.25, -0.2) is 0 Å². The summed E-state index contributed by atoms with van der Waals surface area (Å²) in [5, 5.41) is 26.2. The summed E-state index contributed by atoms with van der Waals surface area (Å²) < 4.78 is 1.59. The topological polar surface area (TPSA) is 114 Å². The molecule has 2 rings (SSSR count). The zero-order valence-corrected chi connectivity index (χ0v) is 11.1. The monoisotopic (exact) mass is 285 g/mol. The molecule has 21 heavy (non-hydrogen) atoms. The maximum absolute atomic E-state index is 12.0. The van der Waals surface area contributed by atoms with Crippen molar-refractivity contribution in [1.82, 2.24) is 9.78 Å². The van der Waals surface area contributed by atoms with Crippen LogP contribution in [0.1, 0.15) is 23.0 Å². The maximum Gasteiger partial charge on any atom is 0.276 e. The SMILES string of the molecule is CCn1ccc(C(=O)Nc2ccc([N+](=O)[O-])cc2C#N)n1. The molecule has 0 radical (unpaired) electrons. The van der Waals surface area contributed by atoms with Crippen LogP contribution in [-0.2, 0) is 6.54 Å². The van der Waals surface area contributed by atoms with Gasteiger partial charge in [0.2, 0.25) is 0 Å². The van der Waals surface area contributed by atoms with E-state index in [1.807, 2.05) is 13.0 Å². The van der Waals surface area contributed by atoms with Gasteiger partial charge in [-0.05, 0) is 19.1 Å². The molecule has 1 amide bonds. The number of carbonyl (C=O) groups excluding carboxylic acids is 1. The third-order valence-electron chi connectivity index (χ3n) is 2.78. The van der Waals surface area contributed by atoms with Gasteiger partial charge in [0.1, 0.15) is 6.07 Å². The third kappa shape index (κ3) is 3.03. The van der Waals surface area contributed by atoms with Crippen molar-refractivity contribution in [3.05, 3.63) is 51.8 Å². The molecule has 2 aromatic rings. The van der Waals surface area contributed by atoms with Crippen molar-refractivity contribution in [3.63, 3.8) is 0 Å². The van der Waals surface area contributed by atoms with E-state index in [2.05, 4.69) is 10.4 Å². The van der Waals surface area contributed by atoms with E-state index in [1.165, 1.54) is 12.1 Å². The van der Waals surface area contributed by atoms with Gasteiger partial charge >= 0.3 is 0 Å². The Morgan fingerprint density at radius 1 is 1.52 bits per heavy atom. The van der Waals surface area contributed by atoms with Crippen LogP contribution < -0.4 is 5.32 Å². The van der Waals surface area contributed by atoms with Gasteiger partial charge in [0.15, 0.2) is 5.69 Å². The summed E-state index contributed by atoms with van der Waals surface area (Å²) in [6.45, 7) is 2.52. The number of carbonyl (C=O) groups is 1. The maximum atomic E-state index is 12.0. The first-order valence-electron chi connectivity index (χ1n) is 6.08. The molecule has 106 valence electrons. The van der Waals surface area contributed by atoms with Gasteiger partial charge in [-0.3, -0.25) is 19.6 Å². The molecule has 0 bridgehead atoms. The number of nitro groups is 1. The van der Waals surface area contributed by atoms with Gasteiger partial charge in [-0.2, -0.15) is 10.4 Å². The van der Waals surface area contributed by atoms with Gasteiger partial charge in [0, 0.05) is 24.9 Å². The summed E-state index contributed by atoms with van der Waals surface area (Å²) in [6.07, 6.45) is 1.66. The molecular formula is C13H11N5O3. The number of aromatic nitrogens is 2. The fourth-order valence-electron chi connectivity index (χ4n) is 1.69. The summed E-state index contributed by atoms with van der Waals surface area (Å²) in [4.78, 5) is 22.1. The third-order valence-corrected chi connectivity index (χ3v) is 2.78. The zero-order chi connectivity index (χ0) is 15.4. The first kappa shape index (κ1) is 14.2. The van der Waals surface area contributed by atoms with Gasteiger partial charge < -0.3 is 5.32 Å². The number of nitro benzene ring substituents is 1. The molecule has 0 unspecified atom stereocenters. The molecule has 1 heterocycles. The second-order valence-corrected chi connectivity index (χ2v) is 4.11. The van der Waals surface area contributed by atoms with Crippen molar-refractivity contribution in [2.75, 3.05) is 5.32 Å². The molecule has 0 atom stereocenters. The number of hydrogen-bond donors (Lipinski definition) is 1. The molecule has 0 spiro atoms. The Kier molecular flexibility index (Phi) is 3.95. The van der Waals surface area contributed by atoms with E-state index >= 15 is 0 Å². The number of nitrogens with one attached hydrogen (secondary N) is 1. The summed E-state index contributed by atoms with van der Waals surface area (Å²) in [5.41, 5.74) is 0.227. The largest absolute Gasteiger partial charge is 0.319 e. The fraction of sp³-hybridized carbons (Fsp3) is 0.154. The lowest BCUT2D eigenvalue weighted by Crippen LogP contribution is -2.14. The van der Waals surface area contributed by atoms with Crippen LogP contribution in [0.2, 0.25) is 0 Å². The van der Waals surface area contributed by atoms with Crippen LogP contribution in [0.3, 0.4) is 0 Å². The predicted octanol–water partition coefficient (Wildman–Crippen LogP) is 1.94. The molecule has 0 aliphatic heterocycles. The first-order chi connectivity index (χ1) is 10.0. The molecule has 0 aliphatic carbocycles. The van der Waals surface area contributed by atoms with Gasteiger partial charge in [-0.1, -0.05) is 0 Å². The average molecular weight is 285 g/mol. The molecule has 8 heteroatoms. The van der Waals surface area contributed by atoms with Crippen LogP contribution in [0.4, 0.5) is 11.4 Å². The molecule has 0 saturated carbocycles. The van der Waals surface area contributed by atoms with E-state index in [9.17, 15) is 14.9 Å². The second kappa shape index (κ2) is 5.83. The van der Waals surface area contributed by atoms with E-state index in [4.69, 9.17) is 5.26 Å². The molecule has 0 saturated heterocycles. The van der Waals surface area contributed by atoms with Crippen LogP contribution in [0.5, 0.6) is 0 Å². The van der Waals surface area contributed by atoms with E-state index in [1.54, 1.807) is 16.9 Å². The highest BCUT2D eigenvalue weighted by Gasteiger charge is 2.15. The predicted molar refractivity (Wildman–Crippen MR) is 73.7 cm³/mol. The van der Waals surface area contributed by atoms with Crippen LogP contribution in [0.15, 0.2) is 30.5 Å². The minimum atomic E-state index is -0.602. The molecule has 1 N–H and O–H groups in total. The second-order valence-electron chi connectivity index (χ2n) is 4.11. The number of benzene rings is 1. The number of amides is 1. The lowest BCUT2D eigenvalue weighted by molar-refractivity contribution is -0.384. The number of hydrogen-bond acceptors (Lipinski definition) is 5. The van der Waals surface area contributed by atoms with E-state index in [-0.39, 0.29) is 22.6 Å². The number of anilines is 1. The molecule has 1 aromatic heterocycles. The highest BCUT2D eigenvalue weighted by Crippen LogP contribution is 2.21. The van der Waals surface area contributed by atoms with Crippen LogP contribution >= 0.6 is 0 Å². The molecular weight excluding hydrogens is 274 g/mol. The highest BCUT2D eigenvalue weighted by molar-refractivity contribution is 6.03. The zero-order valence-electron chi connectivity index (χ0n) is 11.1. The van der Waals surface area contributed by atoms with Crippen molar-refractivity contribution >= 4 is 17.3 Å². The van der Waals surface area contributed by atoms with E-state index < -0.39 is 10.8 Å². The summed E-state index contributed by atoms with van der Waals surface area (Å²) in [6, 6.07) is 7.03. The summed E-state index contributed by atoms with van der Waals surface area (Å²) in [7, 11) is 0. The summed E-state index contributed by atoms with van der Waals surface area (Å²) >= 11 is 0. The van der Waals surface area contributed by atoms with Crippen molar-refractivity contribution < 1.29 is 9.72 Å².